The van der Waals surface area contributed by atoms with E-state index in [-0.39, 0.29) is 6.61 Å². The van der Waals surface area contributed by atoms with Crippen molar-refractivity contribution in [1.29, 1.82) is 0 Å². The molecule has 4 nitrogen and oxygen atoms in total. The Morgan fingerprint density at radius 2 is 1.75 bits per heavy atom. The molecule has 0 aromatic heterocycles. The summed E-state index contributed by atoms with van der Waals surface area (Å²) in [6.07, 6.45) is -3.23. The molecule has 88 valence electrons. The molecule has 1 aliphatic rings. The number of hydrogen-bond donors (Lipinski definition) is 3. The Labute approximate surface area is 97.9 Å². The van der Waals surface area contributed by atoms with E-state index in [1.807, 2.05) is 30.3 Å². The smallest absolute Gasteiger partial charge is 0.136 e. The van der Waals surface area contributed by atoms with Gasteiger partial charge in [-0.05, 0) is 12.1 Å². The van der Waals surface area contributed by atoms with E-state index in [1.54, 1.807) is 0 Å². The van der Waals surface area contributed by atoms with E-state index in [1.165, 1.54) is 11.8 Å². The molecule has 1 aliphatic heterocycles. The van der Waals surface area contributed by atoms with Gasteiger partial charge in [0.15, 0.2) is 0 Å². The lowest BCUT2D eigenvalue weighted by molar-refractivity contribution is -0.161. The molecule has 3 N–H and O–H groups in total. The number of ether oxygens (including phenoxy) is 1. The van der Waals surface area contributed by atoms with Crippen LogP contribution in [-0.4, -0.2) is 45.7 Å². The fourth-order valence-electron chi connectivity index (χ4n) is 1.52. The molecule has 1 aromatic carbocycles. The molecule has 2 rings (SSSR count). The fraction of sp³-hybridized carbons (Fsp3) is 0.455. The van der Waals surface area contributed by atoms with Crippen LogP contribution in [0.15, 0.2) is 35.2 Å². The van der Waals surface area contributed by atoms with E-state index < -0.39 is 23.7 Å². The summed E-state index contributed by atoms with van der Waals surface area (Å²) >= 11 is 1.34. The van der Waals surface area contributed by atoms with Crippen molar-refractivity contribution in [3.8, 4) is 0 Å². The first-order valence-electron chi connectivity index (χ1n) is 5.06. The van der Waals surface area contributed by atoms with Crippen molar-refractivity contribution < 1.29 is 20.1 Å². The molecule has 1 saturated heterocycles. The van der Waals surface area contributed by atoms with Crippen molar-refractivity contribution in [3.05, 3.63) is 30.3 Å². The molecule has 16 heavy (non-hydrogen) atoms. The highest BCUT2D eigenvalue weighted by atomic mass is 32.2. The minimum absolute atomic E-state index is 0.0444. The van der Waals surface area contributed by atoms with Gasteiger partial charge in [0.1, 0.15) is 23.7 Å². The lowest BCUT2D eigenvalue weighted by Crippen LogP contribution is -2.51. The summed E-state index contributed by atoms with van der Waals surface area (Å²) in [5, 5.41) is 28.5. The lowest BCUT2D eigenvalue weighted by atomic mass is 10.1. The zero-order valence-corrected chi connectivity index (χ0v) is 9.38. The summed E-state index contributed by atoms with van der Waals surface area (Å²) in [7, 11) is 0. The van der Waals surface area contributed by atoms with Crippen molar-refractivity contribution in [3.63, 3.8) is 0 Å². The molecule has 1 fully saturated rings. The van der Waals surface area contributed by atoms with Gasteiger partial charge in [0.2, 0.25) is 0 Å². The van der Waals surface area contributed by atoms with Gasteiger partial charge in [-0.1, -0.05) is 30.0 Å². The Balaban J connectivity index is 2.00. The second kappa shape index (κ2) is 5.16. The fourth-order valence-corrected chi connectivity index (χ4v) is 2.55. The standard InChI is InChI=1S/C11H14O4S/c12-8-6-15-11(10(14)9(8)13)16-7-4-2-1-3-5-7/h1-5,8-14H,6H2/t8-,9-,10+,11+/m1/s1. The van der Waals surface area contributed by atoms with Gasteiger partial charge in [0.05, 0.1) is 6.61 Å². The summed E-state index contributed by atoms with van der Waals surface area (Å²) < 4.78 is 5.28. The van der Waals surface area contributed by atoms with Crippen LogP contribution < -0.4 is 0 Å². The Kier molecular flexibility index (Phi) is 3.83. The summed E-state index contributed by atoms with van der Waals surface area (Å²) in [6.45, 7) is 0.0444. The van der Waals surface area contributed by atoms with Gasteiger partial charge in [0, 0.05) is 4.90 Å². The maximum atomic E-state index is 9.71. The topological polar surface area (TPSA) is 69.9 Å². The Hall–Kier alpha value is -0.590. The number of rotatable bonds is 2. The highest BCUT2D eigenvalue weighted by molar-refractivity contribution is 7.99. The maximum absolute atomic E-state index is 9.71. The van der Waals surface area contributed by atoms with E-state index in [2.05, 4.69) is 0 Å². The molecule has 5 heteroatoms. The third-order valence-corrected chi connectivity index (χ3v) is 3.64. The average Bonchev–Trinajstić information content (AvgIpc) is 2.31. The average molecular weight is 242 g/mol. The molecule has 1 aromatic rings. The number of hydrogen-bond acceptors (Lipinski definition) is 5. The van der Waals surface area contributed by atoms with E-state index in [0.29, 0.717) is 0 Å². The quantitative estimate of drug-likeness (QED) is 0.692. The first kappa shape index (κ1) is 11.9. The minimum Gasteiger partial charge on any atom is -0.388 e. The third kappa shape index (κ3) is 2.56. The van der Waals surface area contributed by atoms with Gasteiger partial charge in [-0.3, -0.25) is 0 Å². The van der Waals surface area contributed by atoms with Crippen molar-refractivity contribution in [2.24, 2.45) is 0 Å². The predicted octanol–water partition coefficient (Wildman–Crippen LogP) is 0.218. The number of thioether (sulfide) groups is 1. The first-order valence-corrected chi connectivity index (χ1v) is 5.94. The summed E-state index contributed by atoms with van der Waals surface area (Å²) in [5.74, 6) is 0. The third-order valence-electron chi connectivity index (χ3n) is 2.45. The van der Waals surface area contributed by atoms with Crippen LogP contribution in [0.4, 0.5) is 0 Å². The normalized spacial score (nSPS) is 34.9. The Morgan fingerprint density at radius 3 is 2.44 bits per heavy atom. The van der Waals surface area contributed by atoms with Crippen LogP contribution in [0.2, 0.25) is 0 Å². The number of aliphatic hydroxyl groups is 3. The van der Waals surface area contributed by atoms with Gasteiger partial charge in [-0.2, -0.15) is 0 Å². The van der Waals surface area contributed by atoms with Crippen LogP contribution in [0.5, 0.6) is 0 Å². The molecule has 0 unspecified atom stereocenters. The second-order valence-corrected chi connectivity index (χ2v) is 4.85. The van der Waals surface area contributed by atoms with Crippen molar-refractivity contribution in [1.82, 2.24) is 0 Å². The van der Waals surface area contributed by atoms with Crippen LogP contribution in [0, 0.1) is 0 Å². The molecule has 0 amide bonds. The molecule has 1 heterocycles. The van der Waals surface area contributed by atoms with Crippen LogP contribution in [0.1, 0.15) is 0 Å². The zero-order valence-electron chi connectivity index (χ0n) is 8.56. The van der Waals surface area contributed by atoms with Gasteiger partial charge < -0.3 is 20.1 Å². The van der Waals surface area contributed by atoms with Crippen molar-refractivity contribution in [2.45, 2.75) is 28.6 Å². The lowest BCUT2D eigenvalue weighted by Gasteiger charge is -2.34. The maximum Gasteiger partial charge on any atom is 0.136 e. The predicted molar refractivity (Wildman–Crippen MR) is 60.1 cm³/mol. The van der Waals surface area contributed by atoms with Gasteiger partial charge in [-0.25, -0.2) is 0 Å². The van der Waals surface area contributed by atoms with Gasteiger partial charge in [-0.15, -0.1) is 0 Å². The molecule has 0 spiro atoms. The molecular weight excluding hydrogens is 228 g/mol. The number of benzene rings is 1. The molecule has 0 bridgehead atoms. The van der Waals surface area contributed by atoms with Crippen LogP contribution in [-0.2, 0) is 4.74 Å². The summed E-state index contributed by atoms with van der Waals surface area (Å²) in [6, 6.07) is 9.49. The first-order chi connectivity index (χ1) is 7.68. The van der Waals surface area contributed by atoms with Crippen LogP contribution in [0.25, 0.3) is 0 Å². The van der Waals surface area contributed by atoms with Crippen molar-refractivity contribution >= 4 is 11.8 Å². The monoisotopic (exact) mass is 242 g/mol. The van der Waals surface area contributed by atoms with E-state index in [0.717, 1.165) is 4.90 Å². The zero-order chi connectivity index (χ0) is 11.5. The summed E-state index contributed by atoms with van der Waals surface area (Å²) in [4.78, 5) is 0.954. The second-order valence-electron chi connectivity index (χ2n) is 3.68. The molecule has 0 saturated carbocycles. The largest absolute Gasteiger partial charge is 0.388 e. The molecular formula is C11H14O4S. The van der Waals surface area contributed by atoms with Crippen LogP contribution >= 0.6 is 11.8 Å². The van der Waals surface area contributed by atoms with Gasteiger partial charge >= 0.3 is 0 Å². The van der Waals surface area contributed by atoms with Gasteiger partial charge in [0.25, 0.3) is 0 Å². The SMILES string of the molecule is O[C@H]1[C@H](O)[C@H](Sc2ccccc2)OC[C@H]1O. The minimum atomic E-state index is -1.14. The highest BCUT2D eigenvalue weighted by Crippen LogP contribution is 2.30. The molecule has 0 radical (unpaired) electrons. The summed E-state index contributed by atoms with van der Waals surface area (Å²) in [5.41, 5.74) is -0.541. The Bertz CT molecular complexity index is 332. The van der Waals surface area contributed by atoms with E-state index >= 15 is 0 Å². The molecule has 0 aliphatic carbocycles. The Morgan fingerprint density at radius 1 is 1.06 bits per heavy atom. The highest BCUT2D eigenvalue weighted by Gasteiger charge is 2.37. The van der Waals surface area contributed by atoms with Crippen LogP contribution in [0.3, 0.4) is 0 Å². The van der Waals surface area contributed by atoms with Crippen molar-refractivity contribution in [2.75, 3.05) is 6.61 Å². The van der Waals surface area contributed by atoms with E-state index in [4.69, 9.17) is 4.74 Å². The molecule has 4 atom stereocenters. The number of aliphatic hydroxyl groups excluding tert-OH is 3. The van der Waals surface area contributed by atoms with E-state index in [9.17, 15) is 15.3 Å².